The summed E-state index contributed by atoms with van der Waals surface area (Å²) in [6, 6.07) is 15.7. The van der Waals surface area contributed by atoms with Gasteiger partial charge in [0, 0.05) is 10.6 Å². The van der Waals surface area contributed by atoms with Crippen molar-refractivity contribution in [3.05, 3.63) is 64.7 Å². The lowest BCUT2D eigenvalue weighted by Gasteiger charge is -2.14. The van der Waals surface area contributed by atoms with Crippen LogP contribution in [0, 0.1) is 11.3 Å². The fourth-order valence-corrected chi connectivity index (χ4v) is 1.93. The molecule has 0 unspecified atom stereocenters. The molecular weight excluding hydrogens is 302 g/mol. The van der Waals surface area contributed by atoms with E-state index in [1.165, 1.54) is 0 Å². The molecule has 5 heteroatoms. The number of nitriles is 1. The van der Waals surface area contributed by atoms with Gasteiger partial charge in [-0.3, -0.25) is 0 Å². The predicted octanol–water partition coefficient (Wildman–Crippen LogP) is 3.72. The van der Waals surface area contributed by atoms with E-state index in [4.69, 9.17) is 26.3 Å². The average molecular weight is 316 g/mol. The minimum Gasteiger partial charge on any atom is -0.479 e. The van der Waals surface area contributed by atoms with Gasteiger partial charge in [0.15, 0.2) is 6.10 Å². The Labute approximate surface area is 133 Å². The number of hydrogen-bond donors (Lipinski definition) is 0. The topological polar surface area (TPSA) is 59.3 Å². The van der Waals surface area contributed by atoms with Crippen LogP contribution in [0.3, 0.4) is 0 Å². The predicted molar refractivity (Wildman–Crippen MR) is 82.5 cm³/mol. The van der Waals surface area contributed by atoms with Crippen LogP contribution in [-0.4, -0.2) is 12.1 Å². The molecule has 0 aliphatic rings. The summed E-state index contributed by atoms with van der Waals surface area (Å²) >= 11 is 6.00. The Balaban J connectivity index is 1.89. The molecule has 0 bridgehead atoms. The van der Waals surface area contributed by atoms with Gasteiger partial charge in [0.25, 0.3) is 0 Å². The van der Waals surface area contributed by atoms with E-state index in [0.717, 1.165) is 5.56 Å². The monoisotopic (exact) mass is 315 g/mol. The molecule has 0 N–H and O–H groups in total. The molecule has 0 aliphatic heterocycles. The highest BCUT2D eigenvalue weighted by molar-refractivity contribution is 6.31. The molecule has 112 valence electrons. The molecule has 0 heterocycles. The summed E-state index contributed by atoms with van der Waals surface area (Å²) in [5.41, 5.74) is 1.27. The third kappa shape index (κ3) is 4.24. The molecule has 0 aliphatic carbocycles. The summed E-state index contributed by atoms with van der Waals surface area (Å²) in [7, 11) is 0. The standard InChI is InChI=1S/C17H14ClNO3/c1-12(22-15-8-6-13(10-19)7-9-15)17(20)21-11-14-4-2-3-5-16(14)18/h2-9,12H,11H2,1H3/t12-/m1/s1. The molecule has 4 nitrogen and oxygen atoms in total. The minimum absolute atomic E-state index is 0.0968. The minimum atomic E-state index is -0.754. The maximum absolute atomic E-state index is 11.9. The first-order chi connectivity index (χ1) is 10.6. The number of benzene rings is 2. The van der Waals surface area contributed by atoms with Gasteiger partial charge in [-0.2, -0.15) is 5.26 Å². The first-order valence-electron chi connectivity index (χ1n) is 6.67. The van der Waals surface area contributed by atoms with E-state index in [-0.39, 0.29) is 6.61 Å². The van der Waals surface area contributed by atoms with Gasteiger partial charge in [-0.15, -0.1) is 0 Å². The first-order valence-corrected chi connectivity index (χ1v) is 7.05. The highest BCUT2D eigenvalue weighted by Crippen LogP contribution is 2.17. The van der Waals surface area contributed by atoms with E-state index < -0.39 is 12.1 Å². The van der Waals surface area contributed by atoms with Crippen molar-refractivity contribution in [3.8, 4) is 11.8 Å². The van der Waals surface area contributed by atoms with Gasteiger partial charge in [0.05, 0.1) is 11.6 Å². The summed E-state index contributed by atoms with van der Waals surface area (Å²) in [6.45, 7) is 1.70. The fourth-order valence-electron chi connectivity index (χ4n) is 1.74. The number of hydrogen-bond acceptors (Lipinski definition) is 4. The van der Waals surface area contributed by atoms with Crippen LogP contribution < -0.4 is 4.74 Å². The summed E-state index contributed by atoms with van der Waals surface area (Å²) in [5, 5.41) is 9.28. The molecule has 2 aromatic carbocycles. The second-order valence-corrected chi connectivity index (χ2v) is 5.00. The van der Waals surface area contributed by atoms with Crippen LogP contribution in [0.15, 0.2) is 48.5 Å². The third-order valence-electron chi connectivity index (χ3n) is 2.96. The molecule has 0 saturated heterocycles. The van der Waals surface area contributed by atoms with E-state index >= 15 is 0 Å². The molecule has 0 amide bonds. The average Bonchev–Trinajstić information content (AvgIpc) is 2.54. The van der Waals surface area contributed by atoms with Crippen molar-refractivity contribution in [1.29, 1.82) is 5.26 Å². The Morgan fingerprint density at radius 2 is 1.91 bits per heavy atom. The summed E-state index contributed by atoms with van der Waals surface area (Å²) in [6.07, 6.45) is -0.754. The normalized spacial score (nSPS) is 11.3. The van der Waals surface area contributed by atoms with Crippen molar-refractivity contribution >= 4 is 17.6 Å². The van der Waals surface area contributed by atoms with Gasteiger partial charge >= 0.3 is 5.97 Å². The van der Waals surface area contributed by atoms with E-state index in [0.29, 0.717) is 16.3 Å². The molecule has 2 aromatic rings. The number of carbonyl (C=O) groups excluding carboxylic acids is 1. The van der Waals surface area contributed by atoms with Crippen molar-refractivity contribution in [2.45, 2.75) is 19.6 Å². The second kappa shape index (κ2) is 7.48. The van der Waals surface area contributed by atoms with Crippen LogP contribution in [0.5, 0.6) is 5.75 Å². The van der Waals surface area contributed by atoms with Gasteiger partial charge < -0.3 is 9.47 Å². The zero-order valence-corrected chi connectivity index (χ0v) is 12.7. The van der Waals surface area contributed by atoms with Crippen molar-refractivity contribution in [1.82, 2.24) is 0 Å². The highest BCUT2D eigenvalue weighted by atomic mass is 35.5. The highest BCUT2D eigenvalue weighted by Gasteiger charge is 2.17. The van der Waals surface area contributed by atoms with Gasteiger partial charge in [0.1, 0.15) is 12.4 Å². The van der Waals surface area contributed by atoms with E-state index in [2.05, 4.69) is 0 Å². The number of nitrogens with zero attached hydrogens (tertiary/aromatic N) is 1. The van der Waals surface area contributed by atoms with E-state index in [1.807, 2.05) is 18.2 Å². The van der Waals surface area contributed by atoms with E-state index in [9.17, 15) is 4.79 Å². The number of esters is 1. The molecule has 0 spiro atoms. The van der Waals surface area contributed by atoms with Crippen molar-refractivity contribution in [2.75, 3.05) is 0 Å². The largest absolute Gasteiger partial charge is 0.479 e. The zero-order valence-electron chi connectivity index (χ0n) is 12.0. The Kier molecular flexibility index (Phi) is 5.40. The lowest BCUT2D eigenvalue weighted by molar-refractivity contribution is -0.152. The number of carbonyl (C=O) groups is 1. The molecule has 1 atom stereocenters. The summed E-state index contributed by atoms with van der Waals surface area (Å²) in [5.74, 6) is 0.0190. The molecular formula is C17H14ClNO3. The smallest absolute Gasteiger partial charge is 0.347 e. The molecule has 0 radical (unpaired) electrons. The Bertz CT molecular complexity index is 692. The van der Waals surface area contributed by atoms with Gasteiger partial charge in [0.2, 0.25) is 0 Å². The van der Waals surface area contributed by atoms with Crippen molar-refractivity contribution in [3.63, 3.8) is 0 Å². The Hall–Kier alpha value is -2.51. The van der Waals surface area contributed by atoms with Crippen LogP contribution in [0.1, 0.15) is 18.1 Å². The number of halogens is 1. The Morgan fingerprint density at radius 1 is 1.23 bits per heavy atom. The van der Waals surface area contributed by atoms with Gasteiger partial charge in [-0.1, -0.05) is 29.8 Å². The maximum atomic E-state index is 11.9. The summed E-state index contributed by atoms with van der Waals surface area (Å²) in [4.78, 5) is 11.9. The SMILES string of the molecule is C[C@@H](Oc1ccc(C#N)cc1)C(=O)OCc1ccccc1Cl. The van der Waals surface area contributed by atoms with Crippen LogP contribution >= 0.6 is 11.6 Å². The molecule has 0 saturated carbocycles. The van der Waals surface area contributed by atoms with Crippen molar-refractivity contribution in [2.24, 2.45) is 0 Å². The van der Waals surface area contributed by atoms with Crippen LogP contribution in [0.2, 0.25) is 5.02 Å². The van der Waals surface area contributed by atoms with Crippen LogP contribution in [-0.2, 0) is 16.1 Å². The molecule has 0 aromatic heterocycles. The van der Waals surface area contributed by atoms with Crippen molar-refractivity contribution < 1.29 is 14.3 Å². The van der Waals surface area contributed by atoms with Crippen LogP contribution in [0.4, 0.5) is 0 Å². The summed E-state index contributed by atoms with van der Waals surface area (Å²) < 4.78 is 10.7. The molecule has 2 rings (SSSR count). The fraction of sp³-hybridized carbons (Fsp3) is 0.176. The quantitative estimate of drug-likeness (QED) is 0.789. The third-order valence-corrected chi connectivity index (χ3v) is 3.32. The zero-order chi connectivity index (χ0) is 15.9. The second-order valence-electron chi connectivity index (χ2n) is 4.60. The number of rotatable bonds is 5. The number of ether oxygens (including phenoxy) is 2. The maximum Gasteiger partial charge on any atom is 0.347 e. The Morgan fingerprint density at radius 3 is 2.55 bits per heavy atom. The molecule has 22 heavy (non-hydrogen) atoms. The lowest BCUT2D eigenvalue weighted by Crippen LogP contribution is -2.26. The van der Waals surface area contributed by atoms with E-state index in [1.54, 1.807) is 43.3 Å². The van der Waals surface area contributed by atoms with Crippen LogP contribution in [0.25, 0.3) is 0 Å². The first kappa shape index (κ1) is 15.9. The molecule has 0 fully saturated rings. The van der Waals surface area contributed by atoms with Gasteiger partial charge in [-0.25, -0.2) is 4.79 Å². The van der Waals surface area contributed by atoms with Gasteiger partial charge in [-0.05, 0) is 37.3 Å². The lowest BCUT2D eigenvalue weighted by atomic mass is 10.2.